The van der Waals surface area contributed by atoms with Gasteiger partial charge in [0.2, 0.25) is 0 Å². The van der Waals surface area contributed by atoms with E-state index in [2.05, 4.69) is 0 Å². The molecule has 2 unspecified atom stereocenters. The first-order chi connectivity index (χ1) is 9.23. The standard InChI is InChI=1S/C15H18F3NO/c1-14(19,15(16,17)18)13(20)9-11-7-4-6-10-5-2-3-8-12(10)11/h2-3,5,8,11H,4,6-7,9,19H2,1H3. The van der Waals surface area contributed by atoms with Crippen molar-refractivity contribution in [1.29, 1.82) is 0 Å². The summed E-state index contributed by atoms with van der Waals surface area (Å²) >= 11 is 0. The highest BCUT2D eigenvalue weighted by Crippen LogP contribution is 2.37. The molecule has 1 aliphatic rings. The molecule has 0 fully saturated rings. The number of Topliss-reactive ketones (excluding diaryl/α,β-unsaturated/α-hetero) is 1. The van der Waals surface area contributed by atoms with Crippen LogP contribution in [0.2, 0.25) is 0 Å². The number of hydrogen-bond acceptors (Lipinski definition) is 2. The number of hydrogen-bond donors (Lipinski definition) is 1. The number of halogens is 3. The van der Waals surface area contributed by atoms with Crippen LogP contribution in [0.4, 0.5) is 13.2 Å². The van der Waals surface area contributed by atoms with Crippen molar-refractivity contribution in [3.05, 3.63) is 35.4 Å². The van der Waals surface area contributed by atoms with Crippen LogP contribution in [0.25, 0.3) is 0 Å². The van der Waals surface area contributed by atoms with Crippen molar-refractivity contribution in [2.24, 2.45) is 5.73 Å². The SMILES string of the molecule is CC(N)(C(=O)CC1CCCc2ccccc21)C(F)(F)F. The third-order valence-corrected chi connectivity index (χ3v) is 4.09. The molecular weight excluding hydrogens is 267 g/mol. The fourth-order valence-corrected chi connectivity index (χ4v) is 2.66. The van der Waals surface area contributed by atoms with Crippen LogP contribution in [0.3, 0.4) is 0 Å². The molecule has 1 aliphatic carbocycles. The maximum absolute atomic E-state index is 12.8. The number of nitrogens with two attached hydrogens (primary N) is 1. The second-order valence-electron chi connectivity index (χ2n) is 5.62. The van der Waals surface area contributed by atoms with Crippen molar-refractivity contribution in [2.45, 2.75) is 50.2 Å². The Morgan fingerprint density at radius 1 is 1.35 bits per heavy atom. The van der Waals surface area contributed by atoms with Crippen molar-refractivity contribution in [2.75, 3.05) is 0 Å². The van der Waals surface area contributed by atoms with E-state index >= 15 is 0 Å². The molecule has 20 heavy (non-hydrogen) atoms. The number of alkyl halides is 3. The lowest BCUT2D eigenvalue weighted by Crippen LogP contribution is -2.57. The van der Waals surface area contributed by atoms with Gasteiger partial charge in [0.05, 0.1) is 0 Å². The zero-order valence-electron chi connectivity index (χ0n) is 11.3. The van der Waals surface area contributed by atoms with Crippen molar-refractivity contribution in [3.63, 3.8) is 0 Å². The molecule has 1 aromatic carbocycles. The Morgan fingerprint density at radius 2 is 2.00 bits per heavy atom. The monoisotopic (exact) mass is 285 g/mol. The second kappa shape index (κ2) is 5.20. The van der Waals surface area contributed by atoms with Gasteiger partial charge in [-0.2, -0.15) is 13.2 Å². The number of rotatable bonds is 3. The Morgan fingerprint density at radius 3 is 2.65 bits per heavy atom. The third kappa shape index (κ3) is 2.73. The summed E-state index contributed by atoms with van der Waals surface area (Å²) in [5.41, 5.74) is 4.55. The zero-order valence-corrected chi connectivity index (χ0v) is 11.3. The highest BCUT2D eigenvalue weighted by Gasteiger charge is 2.53. The van der Waals surface area contributed by atoms with E-state index in [1.165, 1.54) is 0 Å². The summed E-state index contributed by atoms with van der Waals surface area (Å²) in [6, 6.07) is 7.63. The van der Waals surface area contributed by atoms with Crippen LogP contribution in [0.1, 0.15) is 43.2 Å². The van der Waals surface area contributed by atoms with Gasteiger partial charge < -0.3 is 5.73 Å². The van der Waals surface area contributed by atoms with Gasteiger partial charge in [0.1, 0.15) is 0 Å². The van der Waals surface area contributed by atoms with Gasteiger partial charge in [-0.1, -0.05) is 24.3 Å². The van der Waals surface area contributed by atoms with Gasteiger partial charge in [-0.05, 0) is 43.2 Å². The van der Waals surface area contributed by atoms with Gasteiger partial charge in [-0.15, -0.1) is 0 Å². The van der Waals surface area contributed by atoms with Gasteiger partial charge in [-0.3, -0.25) is 4.79 Å². The Hall–Kier alpha value is -1.36. The highest BCUT2D eigenvalue weighted by atomic mass is 19.4. The van der Waals surface area contributed by atoms with E-state index in [0.29, 0.717) is 0 Å². The summed E-state index contributed by atoms with van der Waals surface area (Å²) in [5, 5.41) is 0. The normalized spacial score (nSPS) is 21.9. The van der Waals surface area contributed by atoms with Crippen LogP contribution in [0, 0.1) is 0 Å². The van der Waals surface area contributed by atoms with Crippen LogP contribution in [-0.4, -0.2) is 17.5 Å². The first-order valence-electron chi connectivity index (χ1n) is 6.70. The Labute approximate surface area is 116 Å². The van der Waals surface area contributed by atoms with Crippen molar-refractivity contribution >= 4 is 5.78 Å². The highest BCUT2D eigenvalue weighted by molar-refractivity contribution is 5.89. The van der Waals surface area contributed by atoms with Crippen molar-refractivity contribution in [3.8, 4) is 0 Å². The summed E-state index contributed by atoms with van der Waals surface area (Å²) < 4.78 is 38.4. The quantitative estimate of drug-likeness (QED) is 0.925. The second-order valence-corrected chi connectivity index (χ2v) is 5.62. The number of benzene rings is 1. The van der Waals surface area contributed by atoms with E-state index in [0.717, 1.165) is 37.3 Å². The van der Waals surface area contributed by atoms with Crippen molar-refractivity contribution in [1.82, 2.24) is 0 Å². The topological polar surface area (TPSA) is 43.1 Å². The largest absolute Gasteiger partial charge is 0.413 e. The van der Waals surface area contributed by atoms with Crippen molar-refractivity contribution < 1.29 is 18.0 Å². The number of aryl methyl sites for hydroxylation is 1. The van der Waals surface area contributed by atoms with Crippen LogP contribution >= 0.6 is 0 Å². The molecule has 0 bridgehead atoms. The average Bonchev–Trinajstić information content (AvgIpc) is 2.37. The summed E-state index contributed by atoms with van der Waals surface area (Å²) in [6.07, 6.45) is -2.32. The molecule has 5 heteroatoms. The summed E-state index contributed by atoms with van der Waals surface area (Å²) in [6.45, 7) is 0.754. The van der Waals surface area contributed by atoms with E-state index < -0.39 is 17.5 Å². The predicted octanol–water partition coefficient (Wildman–Crippen LogP) is 3.35. The van der Waals surface area contributed by atoms with E-state index in [-0.39, 0.29) is 12.3 Å². The summed E-state index contributed by atoms with van der Waals surface area (Å²) in [5.74, 6) is -1.09. The molecule has 1 aromatic rings. The van der Waals surface area contributed by atoms with E-state index in [4.69, 9.17) is 5.73 Å². The number of carbonyl (C=O) groups excluding carboxylic acids is 1. The molecule has 2 nitrogen and oxygen atoms in total. The average molecular weight is 285 g/mol. The van der Waals surface area contributed by atoms with Gasteiger partial charge >= 0.3 is 6.18 Å². The lowest BCUT2D eigenvalue weighted by molar-refractivity contribution is -0.186. The Bertz CT molecular complexity index is 508. The summed E-state index contributed by atoms with van der Waals surface area (Å²) in [4.78, 5) is 11.9. The minimum Gasteiger partial charge on any atom is -0.312 e. The van der Waals surface area contributed by atoms with Crippen LogP contribution < -0.4 is 5.73 Å². The number of carbonyl (C=O) groups is 1. The number of ketones is 1. The molecule has 0 radical (unpaired) electrons. The maximum Gasteiger partial charge on any atom is 0.413 e. The van der Waals surface area contributed by atoms with Crippen LogP contribution in [0.5, 0.6) is 0 Å². The zero-order chi connectivity index (χ0) is 15.0. The lowest BCUT2D eigenvalue weighted by Gasteiger charge is -2.30. The molecule has 0 spiro atoms. The summed E-state index contributed by atoms with van der Waals surface area (Å²) in [7, 11) is 0. The predicted molar refractivity (Wildman–Crippen MR) is 70.4 cm³/mol. The number of fused-ring (bicyclic) bond motifs is 1. The first-order valence-corrected chi connectivity index (χ1v) is 6.70. The molecule has 2 rings (SSSR count). The fourth-order valence-electron chi connectivity index (χ4n) is 2.66. The molecule has 2 atom stereocenters. The van der Waals surface area contributed by atoms with Gasteiger partial charge in [0.25, 0.3) is 0 Å². The van der Waals surface area contributed by atoms with Gasteiger partial charge in [0.15, 0.2) is 11.3 Å². The molecule has 0 aliphatic heterocycles. The molecular formula is C15H18F3NO. The van der Waals surface area contributed by atoms with Crippen LogP contribution in [0.15, 0.2) is 24.3 Å². The Kier molecular flexibility index (Phi) is 3.91. The molecule has 0 heterocycles. The van der Waals surface area contributed by atoms with Gasteiger partial charge in [-0.25, -0.2) is 0 Å². The molecule has 110 valence electrons. The lowest BCUT2D eigenvalue weighted by atomic mass is 9.78. The molecule has 0 amide bonds. The smallest absolute Gasteiger partial charge is 0.312 e. The minimum atomic E-state index is -4.71. The molecule has 0 saturated heterocycles. The molecule has 2 N–H and O–H groups in total. The van der Waals surface area contributed by atoms with Crippen LogP contribution in [-0.2, 0) is 11.2 Å². The van der Waals surface area contributed by atoms with E-state index in [1.54, 1.807) is 0 Å². The molecule has 0 aromatic heterocycles. The molecule has 0 saturated carbocycles. The van der Waals surface area contributed by atoms with E-state index in [9.17, 15) is 18.0 Å². The minimum absolute atomic E-state index is 0.149. The maximum atomic E-state index is 12.8. The van der Waals surface area contributed by atoms with Gasteiger partial charge in [0, 0.05) is 6.42 Å². The Balaban J connectivity index is 2.18. The first kappa shape index (κ1) is 15.0. The third-order valence-electron chi connectivity index (χ3n) is 4.09. The fraction of sp³-hybridized carbons (Fsp3) is 0.533. The van der Waals surface area contributed by atoms with E-state index in [1.807, 2.05) is 24.3 Å².